The zero-order chi connectivity index (χ0) is 22.5. The van der Waals surface area contributed by atoms with E-state index in [1.165, 1.54) is 5.56 Å². The van der Waals surface area contributed by atoms with E-state index in [-0.39, 0.29) is 5.91 Å². The van der Waals surface area contributed by atoms with Crippen LogP contribution >= 0.6 is 11.6 Å². The van der Waals surface area contributed by atoms with Crippen LogP contribution in [0, 0.1) is 6.92 Å². The Morgan fingerprint density at radius 3 is 2.59 bits per heavy atom. The second kappa shape index (κ2) is 10.0. The van der Waals surface area contributed by atoms with Crippen molar-refractivity contribution in [2.24, 2.45) is 0 Å². The lowest BCUT2D eigenvalue weighted by Gasteiger charge is -2.37. The van der Waals surface area contributed by atoms with E-state index >= 15 is 0 Å². The molecule has 0 spiro atoms. The molecule has 0 atom stereocenters. The number of carbonyl (C=O) groups is 1. The van der Waals surface area contributed by atoms with Gasteiger partial charge in [0.1, 0.15) is 5.75 Å². The molecule has 1 aromatic heterocycles. The number of ether oxygens (including phenoxy) is 1. The van der Waals surface area contributed by atoms with Crippen LogP contribution in [-0.4, -0.2) is 53.7 Å². The third kappa shape index (κ3) is 5.22. The Kier molecular flexibility index (Phi) is 6.95. The molecule has 168 valence electrons. The molecule has 0 radical (unpaired) electrons. The zero-order valence-corrected chi connectivity index (χ0v) is 19.1. The first-order valence-corrected chi connectivity index (χ1v) is 11.3. The topological polar surface area (TPSA) is 71.7 Å². The number of hydrogen-bond acceptors (Lipinski definition) is 6. The van der Waals surface area contributed by atoms with Gasteiger partial charge in [-0.2, -0.15) is 4.98 Å². The Bertz CT molecular complexity index is 1060. The molecule has 0 bridgehead atoms. The van der Waals surface area contributed by atoms with Crippen molar-refractivity contribution in [2.45, 2.75) is 26.7 Å². The van der Waals surface area contributed by atoms with Gasteiger partial charge >= 0.3 is 0 Å². The minimum absolute atomic E-state index is 0.105. The summed E-state index contributed by atoms with van der Waals surface area (Å²) in [7, 11) is 0. The lowest BCUT2D eigenvalue weighted by Crippen LogP contribution is -2.49. The molecule has 0 saturated carbocycles. The summed E-state index contributed by atoms with van der Waals surface area (Å²) in [6.07, 6.45) is 0.775. The van der Waals surface area contributed by atoms with E-state index in [1.54, 1.807) is 0 Å². The third-order valence-electron chi connectivity index (χ3n) is 5.59. The van der Waals surface area contributed by atoms with Gasteiger partial charge in [0.2, 0.25) is 17.6 Å². The molecule has 32 heavy (non-hydrogen) atoms. The van der Waals surface area contributed by atoms with Crippen molar-refractivity contribution < 1.29 is 14.1 Å². The molecule has 8 heteroatoms. The fourth-order valence-corrected chi connectivity index (χ4v) is 4.00. The maximum Gasteiger partial charge on any atom is 0.227 e. The number of rotatable bonds is 7. The van der Waals surface area contributed by atoms with E-state index in [1.807, 2.05) is 54.3 Å². The van der Waals surface area contributed by atoms with Crippen LogP contribution in [0.1, 0.15) is 24.8 Å². The summed E-state index contributed by atoms with van der Waals surface area (Å²) in [6.45, 7) is 7.59. The van der Waals surface area contributed by atoms with Crippen LogP contribution in [0.15, 0.2) is 47.0 Å². The summed E-state index contributed by atoms with van der Waals surface area (Å²) in [5, 5.41) is 4.77. The number of piperazine rings is 1. The molecule has 7 nitrogen and oxygen atoms in total. The molecule has 1 amide bonds. The number of amides is 1. The van der Waals surface area contributed by atoms with Crippen molar-refractivity contribution in [3.63, 3.8) is 0 Å². The number of hydrogen-bond donors (Lipinski definition) is 0. The van der Waals surface area contributed by atoms with E-state index in [2.05, 4.69) is 22.0 Å². The molecule has 2 heterocycles. The molecule has 1 aliphatic rings. The Labute approximate surface area is 192 Å². The maximum absolute atomic E-state index is 12.7. The molecule has 0 N–H and O–H groups in total. The number of halogens is 1. The lowest BCUT2D eigenvalue weighted by molar-refractivity contribution is -0.131. The van der Waals surface area contributed by atoms with Gasteiger partial charge in [-0.05, 0) is 55.8 Å². The van der Waals surface area contributed by atoms with Crippen molar-refractivity contribution in [2.75, 3.05) is 37.7 Å². The normalized spacial score (nSPS) is 14.0. The smallest absolute Gasteiger partial charge is 0.227 e. The summed E-state index contributed by atoms with van der Waals surface area (Å²) >= 11 is 6.16. The van der Waals surface area contributed by atoms with Gasteiger partial charge in [0.05, 0.1) is 6.61 Å². The van der Waals surface area contributed by atoms with E-state index in [0.717, 1.165) is 35.1 Å². The van der Waals surface area contributed by atoms with Crippen molar-refractivity contribution in [1.82, 2.24) is 15.0 Å². The van der Waals surface area contributed by atoms with Crippen molar-refractivity contribution in [3.05, 3.63) is 58.9 Å². The molecule has 0 unspecified atom stereocenters. The highest BCUT2D eigenvalue weighted by Crippen LogP contribution is 2.25. The van der Waals surface area contributed by atoms with Gasteiger partial charge in [0.15, 0.2) is 0 Å². The molecule has 1 saturated heterocycles. The summed E-state index contributed by atoms with van der Waals surface area (Å²) in [6, 6.07) is 13.5. The first kappa shape index (κ1) is 22.1. The standard InChI is InChI=1S/C24H27ClN4O3/c1-3-31-20-8-5-18(6-9-20)24-26-22(32-27-24)10-11-23(30)29-14-12-28(13-15-29)21-16-19(25)7-4-17(21)2/h4-9,16H,3,10-15H2,1-2H3. The van der Waals surface area contributed by atoms with E-state index in [4.69, 9.17) is 20.9 Å². The highest BCUT2D eigenvalue weighted by Gasteiger charge is 2.22. The molecular formula is C24H27ClN4O3. The average molecular weight is 455 g/mol. The summed E-state index contributed by atoms with van der Waals surface area (Å²) in [5.41, 5.74) is 3.17. The summed E-state index contributed by atoms with van der Waals surface area (Å²) in [5.74, 6) is 1.89. The van der Waals surface area contributed by atoms with E-state index in [9.17, 15) is 4.79 Å². The van der Waals surface area contributed by atoms with Gasteiger partial charge in [-0.3, -0.25) is 4.79 Å². The number of benzene rings is 2. The predicted molar refractivity (Wildman–Crippen MR) is 124 cm³/mol. The Balaban J connectivity index is 1.28. The average Bonchev–Trinajstić information content (AvgIpc) is 3.29. The van der Waals surface area contributed by atoms with Crippen LogP contribution in [0.4, 0.5) is 5.69 Å². The Morgan fingerprint density at radius 2 is 1.88 bits per heavy atom. The SMILES string of the molecule is CCOc1ccc(-c2noc(CCC(=O)N3CCN(c4cc(Cl)ccc4C)CC3)n2)cc1. The van der Waals surface area contributed by atoms with Gasteiger partial charge in [-0.15, -0.1) is 0 Å². The van der Waals surface area contributed by atoms with Crippen LogP contribution in [0.3, 0.4) is 0 Å². The maximum atomic E-state index is 12.7. The van der Waals surface area contributed by atoms with E-state index in [0.29, 0.717) is 44.3 Å². The highest BCUT2D eigenvalue weighted by atomic mass is 35.5. The molecular weight excluding hydrogens is 428 g/mol. The number of anilines is 1. The van der Waals surface area contributed by atoms with Gasteiger partial charge < -0.3 is 19.1 Å². The number of carbonyl (C=O) groups excluding carboxylic acids is 1. The molecule has 1 fully saturated rings. The van der Waals surface area contributed by atoms with Crippen molar-refractivity contribution in [1.29, 1.82) is 0 Å². The number of aromatic nitrogens is 2. The van der Waals surface area contributed by atoms with Crippen molar-refractivity contribution in [3.8, 4) is 17.1 Å². The minimum Gasteiger partial charge on any atom is -0.494 e. The van der Waals surface area contributed by atoms with Gasteiger partial charge in [-0.25, -0.2) is 0 Å². The Morgan fingerprint density at radius 1 is 1.12 bits per heavy atom. The van der Waals surface area contributed by atoms with Crippen LogP contribution < -0.4 is 9.64 Å². The fourth-order valence-electron chi connectivity index (χ4n) is 3.83. The zero-order valence-electron chi connectivity index (χ0n) is 18.4. The van der Waals surface area contributed by atoms with Crippen LogP contribution in [0.5, 0.6) is 5.75 Å². The fraction of sp³-hybridized carbons (Fsp3) is 0.375. The second-order valence-corrected chi connectivity index (χ2v) is 8.20. The summed E-state index contributed by atoms with van der Waals surface area (Å²) in [4.78, 5) is 21.3. The molecule has 1 aliphatic heterocycles. The minimum atomic E-state index is 0.105. The second-order valence-electron chi connectivity index (χ2n) is 7.77. The predicted octanol–water partition coefficient (Wildman–Crippen LogP) is 4.38. The molecule has 4 rings (SSSR count). The Hall–Kier alpha value is -3.06. The lowest BCUT2D eigenvalue weighted by atomic mass is 10.1. The molecule has 2 aromatic carbocycles. The van der Waals surface area contributed by atoms with Gasteiger partial charge in [0, 0.05) is 55.3 Å². The third-order valence-corrected chi connectivity index (χ3v) is 5.82. The quantitative estimate of drug-likeness (QED) is 0.527. The van der Waals surface area contributed by atoms with E-state index < -0.39 is 0 Å². The summed E-state index contributed by atoms with van der Waals surface area (Å²) < 4.78 is 10.8. The van der Waals surface area contributed by atoms with Gasteiger partial charge in [0.25, 0.3) is 0 Å². The highest BCUT2D eigenvalue weighted by molar-refractivity contribution is 6.30. The number of nitrogens with zero attached hydrogens (tertiary/aromatic N) is 4. The molecule has 0 aliphatic carbocycles. The van der Waals surface area contributed by atoms with Crippen LogP contribution in [-0.2, 0) is 11.2 Å². The van der Waals surface area contributed by atoms with Crippen LogP contribution in [0.2, 0.25) is 5.02 Å². The monoisotopic (exact) mass is 454 g/mol. The first-order valence-electron chi connectivity index (χ1n) is 10.9. The van der Waals surface area contributed by atoms with Gasteiger partial charge in [-0.1, -0.05) is 22.8 Å². The largest absolute Gasteiger partial charge is 0.494 e. The first-order chi connectivity index (χ1) is 15.5. The number of aryl methyl sites for hydroxylation is 2. The van der Waals surface area contributed by atoms with Crippen LogP contribution in [0.25, 0.3) is 11.4 Å². The molecule has 3 aromatic rings. The van der Waals surface area contributed by atoms with Crippen molar-refractivity contribution >= 4 is 23.2 Å².